The minimum Gasteiger partial charge on any atom is -0.486 e. The van der Waals surface area contributed by atoms with E-state index >= 15 is 0 Å². The van der Waals surface area contributed by atoms with Gasteiger partial charge in [-0.1, -0.05) is 11.6 Å². The quantitative estimate of drug-likeness (QED) is 0.611. The van der Waals surface area contributed by atoms with E-state index in [-0.39, 0.29) is 17.6 Å². The van der Waals surface area contributed by atoms with Crippen molar-refractivity contribution < 1.29 is 14.3 Å². The highest BCUT2D eigenvalue weighted by Gasteiger charge is 2.22. The van der Waals surface area contributed by atoms with Crippen molar-refractivity contribution in [3.63, 3.8) is 0 Å². The Labute approximate surface area is 179 Å². The molecule has 10 nitrogen and oxygen atoms in total. The number of amides is 1. The highest BCUT2D eigenvalue weighted by atomic mass is 35.5. The summed E-state index contributed by atoms with van der Waals surface area (Å²) in [4.78, 5) is 36.2. The molecule has 30 heavy (non-hydrogen) atoms. The van der Waals surface area contributed by atoms with Gasteiger partial charge in [-0.15, -0.1) is 0 Å². The van der Waals surface area contributed by atoms with Gasteiger partial charge in [0, 0.05) is 26.2 Å². The van der Waals surface area contributed by atoms with E-state index < -0.39 is 0 Å². The van der Waals surface area contributed by atoms with Crippen molar-refractivity contribution >= 4 is 23.3 Å². The molecular weight excluding hydrogens is 412 g/mol. The maximum Gasteiger partial charge on any atom is 0.270 e. The van der Waals surface area contributed by atoms with E-state index in [1.807, 2.05) is 11.8 Å². The first-order valence-electron chi connectivity index (χ1n) is 9.73. The first-order valence-corrected chi connectivity index (χ1v) is 10.1. The van der Waals surface area contributed by atoms with Gasteiger partial charge in [-0.25, -0.2) is 15.1 Å². The molecule has 3 heterocycles. The number of aromatic amines is 1. The Bertz CT molecular complexity index is 899. The Morgan fingerprint density at radius 1 is 1.23 bits per heavy atom. The van der Waals surface area contributed by atoms with Crippen LogP contribution in [0.25, 0.3) is 0 Å². The number of nitrogens with one attached hydrogen (secondary N) is 1. The van der Waals surface area contributed by atoms with Gasteiger partial charge in [0.1, 0.15) is 22.8 Å². The van der Waals surface area contributed by atoms with E-state index in [0.29, 0.717) is 62.3 Å². The summed E-state index contributed by atoms with van der Waals surface area (Å²) in [5.41, 5.74) is 0.185. The monoisotopic (exact) mass is 436 g/mol. The molecule has 0 bridgehead atoms. The zero-order chi connectivity index (χ0) is 21.5. The summed E-state index contributed by atoms with van der Waals surface area (Å²) < 4.78 is 11.3. The fourth-order valence-electron chi connectivity index (χ4n) is 3.03. The summed E-state index contributed by atoms with van der Waals surface area (Å²) >= 11 is 5.77. The second-order valence-corrected chi connectivity index (χ2v) is 7.39. The molecule has 3 rings (SSSR count). The minimum atomic E-state index is -0.283. The summed E-state index contributed by atoms with van der Waals surface area (Å²) in [6.45, 7) is 6.75. The van der Waals surface area contributed by atoms with Gasteiger partial charge in [0.15, 0.2) is 0 Å². The lowest BCUT2D eigenvalue weighted by Crippen LogP contribution is -2.49. The van der Waals surface area contributed by atoms with Crippen LogP contribution >= 0.6 is 11.6 Å². The molecule has 0 radical (unpaired) electrons. The van der Waals surface area contributed by atoms with Crippen LogP contribution in [0, 0.1) is 6.92 Å². The van der Waals surface area contributed by atoms with Crippen LogP contribution in [0.4, 0.5) is 5.82 Å². The van der Waals surface area contributed by atoms with Crippen LogP contribution in [-0.4, -0.2) is 76.5 Å². The molecule has 1 atom stereocenters. The highest BCUT2D eigenvalue weighted by molar-refractivity contribution is 6.29. The molecule has 1 saturated heterocycles. The smallest absolute Gasteiger partial charge is 0.270 e. The number of halogens is 1. The van der Waals surface area contributed by atoms with E-state index in [1.54, 1.807) is 13.1 Å². The Hall–Kier alpha value is -2.72. The molecular formula is C19H25ClN6O4. The fraction of sp³-hybridized carbons (Fsp3) is 0.526. The Morgan fingerprint density at radius 3 is 2.70 bits per heavy atom. The SMILES string of the molecule is Cc1c(O[C@@H](C)COCCC(=O)N2CCN(c3cnc(Cl)cn3)CC2)cn[nH]c1=O. The molecule has 1 N–H and O–H groups in total. The van der Waals surface area contributed by atoms with Gasteiger partial charge >= 0.3 is 0 Å². The summed E-state index contributed by atoms with van der Waals surface area (Å²) in [7, 11) is 0. The number of rotatable bonds is 8. The molecule has 162 valence electrons. The van der Waals surface area contributed by atoms with E-state index in [1.165, 1.54) is 12.4 Å². The van der Waals surface area contributed by atoms with Crippen LogP contribution < -0.4 is 15.2 Å². The fourth-order valence-corrected chi connectivity index (χ4v) is 3.13. The number of carbonyl (C=O) groups excluding carboxylic acids is 1. The topological polar surface area (TPSA) is 114 Å². The second-order valence-electron chi connectivity index (χ2n) is 7.01. The predicted molar refractivity (Wildman–Crippen MR) is 111 cm³/mol. The van der Waals surface area contributed by atoms with Gasteiger partial charge in [-0.3, -0.25) is 9.59 Å². The number of ether oxygens (including phenoxy) is 2. The van der Waals surface area contributed by atoms with Crippen LogP contribution in [0.15, 0.2) is 23.4 Å². The molecule has 11 heteroatoms. The standard InChI is InChI=1S/C19H25ClN6O4/c1-13(30-15-9-23-24-19(28)14(15)2)12-29-8-3-18(27)26-6-4-25(5-7-26)17-11-21-16(20)10-22-17/h9-11,13H,3-8,12H2,1-2H3,(H,24,28)/t13-/m0/s1. The third kappa shape index (κ3) is 5.90. The average Bonchev–Trinajstić information content (AvgIpc) is 2.75. The number of hydrogen-bond donors (Lipinski definition) is 1. The third-order valence-electron chi connectivity index (χ3n) is 4.76. The first-order chi connectivity index (χ1) is 14.4. The lowest BCUT2D eigenvalue weighted by molar-refractivity contribution is -0.132. The van der Waals surface area contributed by atoms with Crippen molar-refractivity contribution in [2.75, 3.05) is 44.3 Å². The number of nitrogens with zero attached hydrogens (tertiary/aromatic N) is 5. The zero-order valence-corrected chi connectivity index (χ0v) is 17.8. The van der Waals surface area contributed by atoms with Crippen molar-refractivity contribution in [1.29, 1.82) is 0 Å². The van der Waals surface area contributed by atoms with Gasteiger partial charge in [-0.05, 0) is 13.8 Å². The number of hydrogen-bond acceptors (Lipinski definition) is 8. The summed E-state index contributed by atoms with van der Waals surface area (Å²) in [5.74, 6) is 1.24. The summed E-state index contributed by atoms with van der Waals surface area (Å²) in [6.07, 6.45) is 4.65. The van der Waals surface area contributed by atoms with Gasteiger partial charge in [-0.2, -0.15) is 5.10 Å². The second kappa shape index (κ2) is 10.4. The Balaban J connectivity index is 1.34. The molecule has 0 aliphatic carbocycles. The lowest BCUT2D eigenvalue weighted by atomic mass is 10.3. The van der Waals surface area contributed by atoms with Crippen molar-refractivity contribution in [3.8, 4) is 5.75 Å². The van der Waals surface area contributed by atoms with Crippen molar-refractivity contribution in [2.45, 2.75) is 26.4 Å². The summed E-state index contributed by atoms with van der Waals surface area (Å²) in [6, 6.07) is 0. The van der Waals surface area contributed by atoms with Crippen LogP contribution in [0.3, 0.4) is 0 Å². The molecule has 0 saturated carbocycles. The number of piperazine rings is 1. The first kappa shape index (κ1) is 22.0. The minimum absolute atomic E-state index is 0.0556. The van der Waals surface area contributed by atoms with Crippen LogP contribution in [-0.2, 0) is 9.53 Å². The average molecular weight is 437 g/mol. The van der Waals surface area contributed by atoms with E-state index in [2.05, 4.69) is 25.1 Å². The molecule has 2 aromatic rings. The van der Waals surface area contributed by atoms with Gasteiger partial charge in [0.25, 0.3) is 5.56 Å². The van der Waals surface area contributed by atoms with E-state index in [9.17, 15) is 9.59 Å². The maximum absolute atomic E-state index is 12.4. The normalized spacial score (nSPS) is 15.2. The van der Waals surface area contributed by atoms with Crippen LogP contribution in [0.1, 0.15) is 18.9 Å². The number of H-pyrrole nitrogens is 1. The Morgan fingerprint density at radius 2 is 2.00 bits per heavy atom. The van der Waals surface area contributed by atoms with Crippen molar-refractivity contribution in [1.82, 2.24) is 25.1 Å². The molecule has 0 unspecified atom stereocenters. The van der Waals surface area contributed by atoms with Crippen LogP contribution in [0.2, 0.25) is 5.15 Å². The van der Waals surface area contributed by atoms with Crippen molar-refractivity contribution in [3.05, 3.63) is 39.7 Å². The number of carbonyl (C=O) groups is 1. The maximum atomic E-state index is 12.4. The molecule has 1 fully saturated rings. The predicted octanol–water partition coefficient (Wildman–Crippen LogP) is 1.04. The molecule has 1 amide bonds. The van der Waals surface area contributed by atoms with Crippen molar-refractivity contribution in [2.24, 2.45) is 0 Å². The van der Waals surface area contributed by atoms with E-state index in [4.69, 9.17) is 21.1 Å². The van der Waals surface area contributed by atoms with Crippen LogP contribution in [0.5, 0.6) is 5.75 Å². The molecule has 2 aromatic heterocycles. The number of anilines is 1. The molecule has 0 aromatic carbocycles. The highest BCUT2D eigenvalue weighted by Crippen LogP contribution is 2.15. The van der Waals surface area contributed by atoms with Gasteiger partial charge in [0.05, 0.1) is 43.8 Å². The molecule has 1 aliphatic heterocycles. The lowest BCUT2D eigenvalue weighted by Gasteiger charge is -2.35. The molecule has 1 aliphatic rings. The third-order valence-corrected chi connectivity index (χ3v) is 4.96. The number of aromatic nitrogens is 4. The van der Waals surface area contributed by atoms with E-state index in [0.717, 1.165) is 5.82 Å². The molecule has 0 spiro atoms. The van der Waals surface area contributed by atoms with Gasteiger partial charge < -0.3 is 19.3 Å². The zero-order valence-electron chi connectivity index (χ0n) is 17.0. The Kier molecular flexibility index (Phi) is 7.58. The largest absolute Gasteiger partial charge is 0.486 e. The summed E-state index contributed by atoms with van der Waals surface area (Å²) in [5, 5.41) is 6.44. The van der Waals surface area contributed by atoms with Gasteiger partial charge in [0.2, 0.25) is 5.91 Å².